The van der Waals surface area contributed by atoms with Gasteiger partial charge in [-0.2, -0.15) is 0 Å². The van der Waals surface area contributed by atoms with Gasteiger partial charge in [0.2, 0.25) is 0 Å². The summed E-state index contributed by atoms with van der Waals surface area (Å²) >= 11 is 0. The Labute approximate surface area is 165 Å². The lowest BCUT2D eigenvalue weighted by Crippen LogP contribution is -2.40. The van der Waals surface area contributed by atoms with Gasteiger partial charge in [-0.1, -0.05) is 13.0 Å². The number of hydrogen-bond acceptors (Lipinski definition) is 7. The monoisotopic (exact) mass is 394 g/mol. The number of esters is 1. The molecule has 156 valence electrons. The fourth-order valence-electron chi connectivity index (χ4n) is 3.68. The molecule has 28 heavy (non-hydrogen) atoms. The number of benzene rings is 1. The molecule has 0 aliphatic carbocycles. The van der Waals surface area contributed by atoms with E-state index in [0.29, 0.717) is 24.5 Å². The van der Waals surface area contributed by atoms with Crippen molar-refractivity contribution in [2.24, 2.45) is 0 Å². The Morgan fingerprint density at radius 2 is 2.07 bits per heavy atom. The highest BCUT2D eigenvalue weighted by Crippen LogP contribution is 2.35. The van der Waals surface area contributed by atoms with E-state index in [2.05, 4.69) is 11.8 Å². The summed E-state index contributed by atoms with van der Waals surface area (Å²) in [7, 11) is 2.87. The molecule has 0 N–H and O–H groups in total. The molecule has 1 aromatic carbocycles. The summed E-state index contributed by atoms with van der Waals surface area (Å²) in [4.78, 5) is 25.4. The molecule has 1 unspecified atom stereocenters. The van der Waals surface area contributed by atoms with Gasteiger partial charge in [-0.25, -0.2) is 0 Å². The molecule has 2 rings (SSSR count). The van der Waals surface area contributed by atoms with E-state index in [1.807, 2.05) is 6.07 Å². The maximum absolute atomic E-state index is 11.9. The van der Waals surface area contributed by atoms with E-state index in [4.69, 9.17) is 14.2 Å². The average molecular weight is 394 g/mol. The molecule has 0 radical (unpaired) electrons. The zero-order chi connectivity index (χ0) is 20.5. The fraction of sp³-hybridized carbons (Fsp3) is 0.650. The van der Waals surface area contributed by atoms with Crippen molar-refractivity contribution in [2.45, 2.75) is 44.6 Å². The second kappa shape index (κ2) is 11.0. The molecule has 1 heterocycles. The minimum absolute atomic E-state index is 0.0587. The molecule has 0 aromatic heterocycles. The SMILES string of the molecule is CCCN(c1ccc(C(COC)CC(=O)OC)cc1[N+](=O)[O-])C1CCOCC1. The first-order valence-corrected chi connectivity index (χ1v) is 9.70. The second-order valence-corrected chi connectivity index (χ2v) is 6.97. The molecule has 0 amide bonds. The van der Waals surface area contributed by atoms with Gasteiger partial charge in [0.1, 0.15) is 5.69 Å². The highest BCUT2D eigenvalue weighted by atomic mass is 16.6. The van der Waals surface area contributed by atoms with Gasteiger partial charge in [-0.3, -0.25) is 14.9 Å². The minimum atomic E-state index is -0.372. The lowest BCUT2D eigenvalue weighted by molar-refractivity contribution is -0.384. The maximum atomic E-state index is 11.9. The minimum Gasteiger partial charge on any atom is -0.469 e. The van der Waals surface area contributed by atoms with Gasteiger partial charge in [-0.15, -0.1) is 0 Å². The van der Waals surface area contributed by atoms with Gasteiger partial charge in [0.05, 0.1) is 25.1 Å². The van der Waals surface area contributed by atoms with Crippen LogP contribution in [0.3, 0.4) is 0 Å². The zero-order valence-corrected chi connectivity index (χ0v) is 16.9. The number of methoxy groups -OCH3 is 2. The third-order valence-electron chi connectivity index (χ3n) is 5.08. The van der Waals surface area contributed by atoms with Crippen molar-refractivity contribution < 1.29 is 23.9 Å². The number of anilines is 1. The molecule has 1 saturated heterocycles. The van der Waals surface area contributed by atoms with Gasteiger partial charge in [0.25, 0.3) is 5.69 Å². The van der Waals surface area contributed by atoms with E-state index in [0.717, 1.165) is 25.8 Å². The molecule has 1 aliphatic rings. The first kappa shape index (κ1) is 22.1. The van der Waals surface area contributed by atoms with Crippen LogP contribution in [0.15, 0.2) is 18.2 Å². The van der Waals surface area contributed by atoms with Crippen LogP contribution in [0.4, 0.5) is 11.4 Å². The molecule has 0 saturated carbocycles. The van der Waals surface area contributed by atoms with E-state index in [1.165, 1.54) is 7.11 Å². The molecular weight excluding hydrogens is 364 g/mol. The molecular formula is C20H30N2O6. The summed E-state index contributed by atoms with van der Waals surface area (Å²) in [6.07, 6.45) is 2.71. The summed E-state index contributed by atoms with van der Waals surface area (Å²) in [5, 5.41) is 11.9. The third-order valence-corrected chi connectivity index (χ3v) is 5.08. The lowest BCUT2D eigenvalue weighted by Gasteiger charge is -2.35. The first-order chi connectivity index (χ1) is 13.5. The summed E-state index contributed by atoms with van der Waals surface area (Å²) in [6.45, 7) is 4.44. The second-order valence-electron chi connectivity index (χ2n) is 6.97. The van der Waals surface area contributed by atoms with Gasteiger partial charge >= 0.3 is 5.97 Å². The van der Waals surface area contributed by atoms with Crippen molar-refractivity contribution in [2.75, 3.05) is 45.5 Å². The standard InChI is InChI=1S/C20H30N2O6/c1-4-9-21(17-7-10-28-11-8-17)18-6-5-15(12-19(18)22(24)25)16(14-26-2)13-20(23)27-3/h5-6,12,16-17H,4,7-11,13-14H2,1-3H3. The Morgan fingerprint density at radius 1 is 1.36 bits per heavy atom. The van der Waals surface area contributed by atoms with Gasteiger partial charge < -0.3 is 19.1 Å². The zero-order valence-electron chi connectivity index (χ0n) is 16.9. The Balaban J connectivity index is 2.38. The van der Waals surface area contributed by atoms with E-state index in [1.54, 1.807) is 19.2 Å². The molecule has 0 bridgehead atoms. The van der Waals surface area contributed by atoms with Crippen LogP contribution in [0.2, 0.25) is 0 Å². The average Bonchev–Trinajstić information content (AvgIpc) is 2.71. The van der Waals surface area contributed by atoms with E-state index >= 15 is 0 Å². The number of nitro groups is 1. The highest BCUT2D eigenvalue weighted by Gasteiger charge is 2.28. The van der Waals surface area contributed by atoms with Crippen LogP contribution in [-0.4, -0.2) is 57.5 Å². The Hall–Kier alpha value is -2.19. The van der Waals surface area contributed by atoms with Gasteiger partial charge in [0.15, 0.2) is 0 Å². The number of nitrogens with zero attached hydrogens (tertiary/aromatic N) is 2. The predicted octanol–water partition coefficient (Wildman–Crippen LogP) is 3.28. The van der Waals surface area contributed by atoms with Gasteiger partial charge in [-0.05, 0) is 30.9 Å². The first-order valence-electron chi connectivity index (χ1n) is 9.70. The van der Waals surface area contributed by atoms with Crippen LogP contribution < -0.4 is 4.90 Å². The third kappa shape index (κ3) is 5.65. The molecule has 8 heteroatoms. The maximum Gasteiger partial charge on any atom is 0.306 e. The topological polar surface area (TPSA) is 91.1 Å². The smallest absolute Gasteiger partial charge is 0.306 e. The van der Waals surface area contributed by atoms with Crippen molar-refractivity contribution in [1.29, 1.82) is 0 Å². The molecule has 1 fully saturated rings. The van der Waals surface area contributed by atoms with Crippen LogP contribution in [0, 0.1) is 10.1 Å². The lowest BCUT2D eigenvalue weighted by atomic mass is 9.95. The number of rotatable bonds is 10. The van der Waals surface area contributed by atoms with Crippen LogP contribution in [-0.2, 0) is 19.0 Å². The van der Waals surface area contributed by atoms with E-state index in [9.17, 15) is 14.9 Å². The van der Waals surface area contributed by atoms with Crippen LogP contribution >= 0.6 is 0 Å². The quantitative estimate of drug-likeness (QED) is 0.342. The molecule has 1 aromatic rings. The van der Waals surface area contributed by atoms with Crippen LogP contribution in [0.25, 0.3) is 0 Å². The number of carbonyl (C=O) groups excluding carboxylic acids is 1. The van der Waals surface area contributed by atoms with Crippen LogP contribution in [0.1, 0.15) is 44.1 Å². The van der Waals surface area contributed by atoms with Crippen LogP contribution in [0.5, 0.6) is 0 Å². The van der Waals surface area contributed by atoms with Crippen molar-refractivity contribution in [3.05, 3.63) is 33.9 Å². The molecule has 1 aliphatic heterocycles. The normalized spacial score (nSPS) is 15.8. The summed E-state index contributed by atoms with van der Waals surface area (Å²) in [6, 6.07) is 5.46. The van der Waals surface area contributed by atoms with E-state index < -0.39 is 0 Å². The number of carbonyl (C=O) groups is 1. The summed E-state index contributed by atoms with van der Waals surface area (Å²) in [5.74, 6) is -0.670. The number of ether oxygens (including phenoxy) is 3. The van der Waals surface area contributed by atoms with E-state index in [-0.39, 0.29) is 41.6 Å². The molecule has 0 spiro atoms. The predicted molar refractivity (Wildman–Crippen MR) is 106 cm³/mol. The Kier molecular flexibility index (Phi) is 8.66. The summed E-state index contributed by atoms with van der Waals surface area (Å²) < 4.78 is 15.4. The number of hydrogen-bond donors (Lipinski definition) is 0. The Morgan fingerprint density at radius 3 is 2.64 bits per heavy atom. The molecule has 8 nitrogen and oxygen atoms in total. The fourth-order valence-corrected chi connectivity index (χ4v) is 3.68. The number of nitro benzene ring substituents is 1. The van der Waals surface area contributed by atoms with Crippen molar-refractivity contribution >= 4 is 17.3 Å². The highest BCUT2D eigenvalue weighted by molar-refractivity contribution is 5.71. The van der Waals surface area contributed by atoms with Crippen molar-refractivity contribution in [3.8, 4) is 0 Å². The van der Waals surface area contributed by atoms with Crippen molar-refractivity contribution in [1.82, 2.24) is 0 Å². The summed E-state index contributed by atoms with van der Waals surface area (Å²) in [5.41, 5.74) is 1.38. The van der Waals surface area contributed by atoms with Crippen molar-refractivity contribution in [3.63, 3.8) is 0 Å². The molecule has 1 atom stereocenters. The Bertz CT molecular complexity index is 660. The largest absolute Gasteiger partial charge is 0.469 e. The van der Waals surface area contributed by atoms with Gasteiger partial charge in [0, 0.05) is 44.9 Å².